The van der Waals surface area contributed by atoms with E-state index < -0.39 is 0 Å². The summed E-state index contributed by atoms with van der Waals surface area (Å²) in [6, 6.07) is 73.6. The molecule has 0 saturated heterocycles. The zero-order valence-corrected chi connectivity index (χ0v) is 30.2. The highest BCUT2D eigenvalue weighted by molar-refractivity contribution is 7.26. The average Bonchev–Trinajstić information content (AvgIpc) is 3.64. The highest BCUT2D eigenvalue weighted by Crippen LogP contribution is 2.49. The van der Waals surface area contributed by atoms with Crippen LogP contribution in [0.4, 0.5) is 17.1 Å². The SMILES string of the molecule is c1ccc2cc(-c3ccc(N(c4ccc5ccc6ccccc6c5c4)c4ccc(-c5cccc6ccccc56)c5sc6ccccc6c45)cc3)ccc2c1. The molecule has 0 unspecified atom stereocenters. The van der Waals surface area contributed by atoms with E-state index in [1.807, 2.05) is 11.3 Å². The number of hydrogen-bond donors (Lipinski definition) is 0. The Labute approximate surface area is 317 Å². The lowest BCUT2D eigenvalue weighted by Crippen LogP contribution is -2.10. The van der Waals surface area contributed by atoms with Gasteiger partial charge in [-0.15, -0.1) is 11.3 Å². The van der Waals surface area contributed by atoms with Crippen molar-refractivity contribution >= 4 is 91.7 Å². The van der Waals surface area contributed by atoms with Crippen LogP contribution in [0.2, 0.25) is 0 Å². The molecule has 0 aliphatic heterocycles. The molecule has 0 bridgehead atoms. The molecular weight excluding hydrogens is 671 g/mol. The minimum absolute atomic E-state index is 1.12. The molecule has 1 aromatic heterocycles. The number of benzene rings is 10. The molecule has 0 saturated carbocycles. The lowest BCUT2D eigenvalue weighted by Gasteiger charge is -2.28. The van der Waals surface area contributed by atoms with E-state index in [-0.39, 0.29) is 0 Å². The Kier molecular flexibility index (Phi) is 7.11. The Hall–Kier alpha value is -6.74. The zero-order valence-electron chi connectivity index (χ0n) is 29.4. The van der Waals surface area contributed by atoms with Gasteiger partial charge in [-0.3, -0.25) is 0 Å². The lowest BCUT2D eigenvalue weighted by atomic mass is 9.95. The molecule has 0 spiro atoms. The van der Waals surface area contributed by atoms with E-state index in [0.717, 1.165) is 11.4 Å². The topological polar surface area (TPSA) is 3.24 Å². The summed E-state index contributed by atoms with van der Waals surface area (Å²) in [6.07, 6.45) is 0. The Morgan fingerprint density at radius 1 is 0.333 bits per heavy atom. The molecule has 0 aliphatic rings. The molecule has 0 radical (unpaired) electrons. The number of thiophene rings is 1. The minimum atomic E-state index is 1.12. The third kappa shape index (κ3) is 4.99. The molecule has 0 N–H and O–H groups in total. The van der Waals surface area contributed by atoms with E-state index in [4.69, 9.17) is 0 Å². The second-order valence-electron chi connectivity index (χ2n) is 14.1. The van der Waals surface area contributed by atoms with Gasteiger partial charge in [0.05, 0.1) is 5.69 Å². The molecule has 11 rings (SSSR count). The summed E-state index contributed by atoms with van der Waals surface area (Å²) in [7, 11) is 0. The normalized spacial score (nSPS) is 11.7. The fourth-order valence-corrected chi connectivity index (χ4v) is 9.65. The minimum Gasteiger partial charge on any atom is -0.310 e. The van der Waals surface area contributed by atoms with Crippen LogP contribution in [-0.4, -0.2) is 0 Å². The van der Waals surface area contributed by atoms with Gasteiger partial charge in [-0.2, -0.15) is 0 Å². The number of rotatable bonds is 5. The van der Waals surface area contributed by atoms with E-state index >= 15 is 0 Å². The van der Waals surface area contributed by atoms with Gasteiger partial charge < -0.3 is 4.90 Å². The highest BCUT2D eigenvalue weighted by atomic mass is 32.1. The maximum Gasteiger partial charge on any atom is 0.0555 e. The van der Waals surface area contributed by atoms with Crippen molar-refractivity contribution in [2.45, 2.75) is 0 Å². The van der Waals surface area contributed by atoms with E-state index in [1.165, 1.54) is 91.2 Å². The van der Waals surface area contributed by atoms with Gasteiger partial charge >= 0.3 is 0 Å². The third-order valence-corrected chi connectivity index (χ3v) is 12.2. The van der Waals surface area contributed by atoms with Crippen molar-refractivity contribution in [1.82, 2.24) is 0 Å². The lowest BCUT2D eigenvalue weighted by molar-refractivity contribution is 1.31. The highest BCUT2D eigenvalue weighted by Gasteiger charge is 2.22. The Balaban J connectivity index is 1.16. The van der Waals surface area contributed by atoms with Gasteiger partial charge in [0.15, 0.2) is 0 Å². The Morgan fingerprint density at radius 2 is 0.926 bits per heavy atom. The van der Waals surface area contributed by atoms with E-state index in [0.29, 0.717) is 0 Å². The molecule has 10 aromatic carbocycles. The predicted octanol–water partition coefficient (Wildman–Crippen LogP) is 15.5. The second kappa shape index (κ2) is 12.4. The monoisotopic (exact) mass is 703 g/mol. The summed E-state index contributed by atoms with van der Waals surface area (Å²) >= 11 is 1.89. The van der Waals surface area contributed by atoms with Gasteiger partial charge in [0.25, 0.3) is 0 Å². The van der Waals surface area contributed by atoms with Crippen molar-refractivity contribution in [3.8, 4) is 22.3 Å². The standard InChI is InChI=1S/C52H33NS/c1-2-13-39-32-40(23-20-34(39)10-1)35-24-27-41(28-25-35)53(42-29-26-38-22-21-37-12-4-6-16-44(37)48(38)33-42)49-31-30-46(45-18-9-14-36-11-3-5-15-43(36)45)52-51(49)47-17-7-8-19-50(47)54-52/h1-33H. The van der Waals surface area contributed by atoms with Gasteiger partial charge in [0.2, 0.25) is 0 Å². The zero-order chi connectivity index (χ0) is 35.6. The quantitative estimate of drug-likeness (QED) is 0.161. The van der Waals surface area contributed by atoms with Crippen LogP contribution in [-0.2, 0) is 0 Å². The van der Waals surface area contributed by atoms with Gasteiger partial charge in [-0.25, -0.2) is 0 Å². The fraction of sp³-hybridized carbons (Fsp3) is 0. The van der Waals surface area contributed by atoms with Crippen molar-refractivity contribution in [3.05, 3.63) is 200 Å². The van der Waals surface area contributed by atoms with Crippen molar-refractivity contribution in [2.24, 2.45) is 0 Å². The summed E-state index contributed by atoms with van der Waals surface area (Å²) < 4.78 is 2.59. The molecule has 54 heavy (non-hydrogen) atoms. The van der Waals surface area contributed by atoms with Crippen LogP contribution in [0, 0.1) is 0 Å². The first-order valence-electron chi connectivity index (χ1n) is 18.5. The molecule has 1 nitrogen and oxygen atoms in total. The van der Waals surface area contributed by atoms with Gasteiger partial charge in [0.1, 0.15) is 0 Å². The smallest absolute Gasteiger partial charge is 0.0555 e. The van der Waals surface area contributed by atoms with Crippen LogP contribution in [0.3, 0.4) is 0 Å². The predicted molar refractivity (Wildman–Crippen MR) is 235 cm³/mol. The molecular formula is C52H33NS. The second-order valence-corrected chi connectivity index (χ2v) is 15.1. The Bertz CT molecular complexity index is 3220. The number of hydrogen-bond acceptors (Lipinski definition) is 2. The van der Waals surface area contributed by atoms with Crippen LogP contribution in [0.25, 0.3) is 85.5 Å². The first-order chi connectivity index (χ1) is 26.8. The molecule has 1 heterocycles. The van der Waals surface area contributed by atoms with E-state index in [1.54, 1.807) is 0 Å². The van der Waals surface area contributed by atoms with E-state index in [9.17, 15) is 0 Å². The largest absolute Gasteiger partial charge is 0.310 e. The van der Waals surface area contributed by atoms with Crippen LogP contribution in [0.1, 0.15) is 0 Å². The summed E-state index contributed by atoms with van der Waals surface area (Å²) in [5.41, 5.74) is 8.37. The summed E-state index contributed by atoms with van der Waals surface area (Å²) in [6.45, 7) is 0. The molecule has 252 valence electrons. The number of fused-ring (bicyclic) bond motifs is 8. The Morgan fingerprint density at radius 3 is 1.76 bits per heavy atom. The molecule has 0 fully saturated rings. The van der Waals surface area contributed by atoms with Crippen LogP contribution < -0.4 is 4.90 Å². The maximum absolute atomic E-state index is 2.47. The van der Waals surface area contributed by atoms with Gasteiger partial charge in [0, 0.05) is 37.1 Å². The summed E-state index contributed by atoms with van der Waals surface area (Å²) in [4.78, 5) is 2.47. The molecule has 0 atom stereocenters. The fourth-order valence-electron chi connectivity index (χ4n) is 8.40. The molecule has 0 amide bonds. The van der Waals surface area contributed by atoms with Gasteiger partial charge in [-0.05, 0) is 102 Å². The third-order valence-electron chi connectivity index (χ3n) is 11.0. The maximum atomic E-state index is 2.47. The van der Waals surface area contributed by atoms with Crippen molar-refractivity contribution in [2.75, 3.05) is 4.90 Å². The summed E-state index contributed by atoms with van der Waals surface area (Å²) in [5.74, 6) is 0. The van der Waals surface area contributed by atoms with Crippen molar-refractivity contribution in [3.63, 3.8) is 0 Å². The van der Waals surface area contributed by atoms with Crippen LogP contribution in [0.5, 0.6) is 0 Å². The number of anilines is 3. The van der Waals surface area contributed by atoms with Crippen LogP contribution >= 0.6 is 11.3 Å². The van der Waals surface area contributed by atoms with Crippen molar-refractivity contribution < 1.29 is 0 Å². The molecule has 0 aliphatic carbocycles. The first kappa shape index (κ1) is 30.8. The summed E-state index contributed by atoms with van der Waals surface area (Å²) in [5, 5.41) is 12.6. The molecule has 2 heteroatoms. The van der Waals surface area contributed by atoms with Gasteiger partial charge in [-0.1, -0.05) is 158 Å². The first-order valence-corrected chi connectivity index (χ1v) is 19.3. The van der Waals surface area contributed by atoms with Crippen LogP contribution in [0.15, 0.2) is 200 Å². The van der Waals surface area contributed by atoms with E-state index in [2.05, 4.69) is 205 Å². The average molecular weight is 704 g/mol. The number of nitrogens with zero attached hydrogens (tertiary/aromatic N) is 1. The molecule has 11 aromatic rings. The van der Waals surface area contributed by atoms with Crippen molar-refractivity contribution in [1.29, 1.82) is 0 Å².